The first-order valence-electron chi connectivity index (χ1n) is 19.9. The maximum atomic E-state index is 14.5. The van der Waals surface area contributed by atoms with Crippen molar-refractivity contribution in [3.05, 3.63) is 88.9 Å². The van der Waals surface area contributed by atoms with Crippen LogP contribution in [0.3, 0.4) is 0 Å². The number of rotatable bonds is 7. The number of imide groups is 1. The number of halogens is 1. The Kier molecular flexibility index (Phi) is 9.42. The molecule has 1 atom stereocenters. The van der Waals surface area contributed by atoms with Gasteiger partial charge in [-0.05, 0) is 97.5 Å². The lowest BCUT2D eigenvalue weighted by atomic mass is 9.89. The third kappa shape index (κ3) is 6.79. The van der Waals surface area contributed by atoms with Gasteiger partial charge in [0, 0.05) is 95.0 Å². The average Bonchev–Trinajstić information content (AvgIpc) is 3.80. The summed E-state index contributed by atoms with van der Waals surface area (Å²) in [5.41, 5.74) is 7.45. The van der Waals surface area contributed by atoms with Gasteiger partial charge < -0.3 is 24.6 Å². The second-order valence-corrected chi connectivity index (χ2v) is 15.9. The van der Waals surface area contributed by atoms with Crippen LogP contribution in [0.1, 0.15) is 71.5 Å². The summed E-state index contributed by atoms with van der Waals surface area (Å²) < 4.78 is 14.5. The molecule has 0 bridgehead atoms. The van der Waals surface area contributed by atoms with Crippen LogP contribution < -0.4 is 20.0 Å². The van der Waals surface area contributed by atoms with Gasteiger partial charge in [-0.2, -0.15) is 5.26 Å². The number of H-pyrrole nitrogens is 1. The number of piperidine rings is 3. The number of benzene rings is 3. The van der Waals surface area contributed by atoms with E-state index in [1.807, 2.05) is 18.2 Å². The lowest BCUT2D eigenvalue weighted by molar-refractivity contribution is -0.136. The number of piperazine rings is 1. The minimum Gasteiger partial charge on any atom is -0.372 e. The first-order chi connectivity index (χ1) is 26.8. The van der Waals surface area contributed by atoms with Crippen LogP contribution in [-0.4, -0.2) is 97.4 Å². The largest absolute Gasteiger partial charge is 0.372 e. The Balaban J connectivity index is 0.724. The number of aromatic amines is 1. The molecular formula is C43H47FN8O3. The Morgan fingerprint density at radius 2 is 1.49 bits per heavy atom. The standard InChI is InChI=1S/C43H47FN8O3/c44-36-7-8-37(41-40(36)32(24-45)25-46-41)51-17-13-30(14-18-51)29-1-3-33(4-2-29)49-15-11-28(12-16-49)26-48-19-21-50(22-20-48)34-5-6-35-31(23-34)27-52(43(35)55)38-9-10-39(53)47-42(38)54/h1-8,23,25,28,30,38,46H,9-22,26-27H2,(H,47,53,54). The van der Waals surface area contributed by atoms with E-state index in [-0.39, 0.29) is 30.0 Å². The molecule has 2 N–H and O–H groups in total. The number of hydrogen-bond acceptors (Lipinski definition) is 8. The number of aromatic nitrogens is 1. The van der Waals surface area contributed by atoms with Crippen LogP contribution in [0.15, 0.2) is 60.8 Å². The van der Waals surface area contributed by atoms with Gasteiger partial charge >= 0.3 is 0 Å². The summed E-state index contributed by atoms with van der Waals surface area (Å²) in [5.74, 6) is 0.0525. The molecule has 1 aromatic heterocycles. The van der Waals surface area contributed by atoms with Gasteiger partial charge in [0.25, 0.3) is 5.91 Å². The molecule has 12 heteroatoms. The number of nitriles is 1. The average molecular weight is 743 g/mol. The Labute approximate surface area is 320 Å². The number of anilines is 3. The van der Waals surface area contributed by atoms with E-state index in [0.29, 0.717) is 46.8 Å². The van der Waals surface area contributed by atoms with Gasteiger partial charge in [-0.15, -0.1) is 0 Å². The SMILES string of the molecule is N#Cc1c[nH]c2c(N3CCC(c4ccc(N5CCC(CN6CCN(c7ccc8c(c7)CN(C7CCC(=O)NC7=O)C8=O)CC6)CC5)cc4)CC3)ccc(F)c12. The highest BCUT2D eigenvalue weighted by molar-refractivity contribution is 6.05. The zero-order chi connectivity index (χ0) is 37.6. The van der Waals surface area contributed by atoms with E-state index in [9.17, 15) is 24.0 Å². The van der Waals surface area contributed by atoms with Crippen molar-refractivity contribution in [3.63, 3.8) is 0 Å². The molecule has 1 unspecified atom stereocenters. The molecule has 0 aliphatic carbocycles. The molecule has 4 fully saturated rings. The van der Waals surface area contributed by atoms with E-state index in [1.54, 1.807) is 11.1 Å². The minimum atomic E-state index is -0.590. The predicted octanol–water partition coefficient (Wildman–Crippen LogP) is 5.36. The normalized spacial score (nSPS) is 21.7. The quantitative estimate of drug-likeness (QED) is 0.243. The highest BCUT2D eigenvalue weighted by Crippen LogP contribution is 2.37. The maximum Gasteiger partial charge on any atom is 0.255 e. The van der Waals surface area contributed by atoms with Crippen molar-refractivity contribution in [2.75, 3.05) is 73.6 Å². The summed E-state index contributed by atoms with van der Waals surface area (Å²) in [4.78, 5) is 51.8. The molecule has 5 aliphatic heterocycles. The molecule has 284 valence electrons. The van der Waals surface area contributed by atoms with Crippen molar-refractivity contribution in [2.24, 2.45) is 5.92 Å². The number of amides is 3. The Morgan fingerprint density at radius 3 is 2.22 bits per heavy atom. The van der Waals surface area contributed by atoms with Gasteiger partial charge in [0.1, 0.15) is 17.9 Å². The van der Waals surface area contributed by atoms with Gasteiger partial charge in [-0.25, -0.2) is 4.39 Å². The molecule has 9 rings (SSSR count). The van der Waals surface area contributed by atoms with Crippen molar-refractivity contribution < 1.29 is 18.8 Å². The second kappa shape index (κ2) is 14.7. The van der Waals surface area contributed by atoms with Gasteiger partial charge in [-0.3, -0.25) is 24.6 Å². The number of hydrogen-bond donors (Lipinski definition) is 2. The number of nitrogens with zero attached hydrogens (tertiary/aromatic N) is 6. The number of fused-ring (bicyclic) bond motifs is 2. The highest BCUT2D eigenvalue weighted by atomic mass is 19.1. The minimum absolute atomic E-state index is 0.127. The third-order valence-corrected chi connectivity index (χ3v) is 12.8. The fraction of sp³-hybridized carbons (Fsp3) is 0.442. The first-order valence-corrected chi connectivity index (χ1v) is 19.9. The fourth-order valence-corrected chi connectivity index (χ4v) is 9.64. The van der Waals surface area contributed by atoms with E-state index < -0.39 is 6.04 Å². The molecule has 0 spiro atoms. The fourth-order valence-electron chi connectivity index (χ4n) is 9.64. The van der Waals surface area contributed by atoms with Gasteiger partial charge in [0.15, 0.2) is 0 Å². The lowest BCUT2D eigenvalue weighted by Crippen LogP contribution is -2.52. The van der Waals surface area contributed by atoms with E-state index in [2.05, 4.69) is 66.3 Å². The zero-order valence-corrected chi connectivity index (χ0v) is 31.1. The summed E-state index contributed by atoms with van der Waals surface area (Å²) in [5, 5.41) is 12.2. The smallest absolute Gasteiger partial charge is 0.255 e. The molecule has 4 saturated heterocycles. The molecule has 0 saturated carbocycles. The molecular weight excluding hydrogens is 696 g/mol. The summed E-state index contributed by atoms with van der Waals surface area (Å²) in [6.07, 6.45) is 6.68. The molecule has 3 amide bonds. The van der Waals surface area contributed by atoms with Crippen molar-refractivity contribution in [3.8, 4) is 6.07 Å². The maximum absolute atomic E-state index is 14.5. The van der Waals surface area contributed by atoms with Gasteiger partial charge in [-0.1, -0.05) is 12.1 Å². The van der Waals surface area contributed by atoms with Crippen LogP contribution in [0.4, 0.5) is 21.5 Å². The van der Waals surface area contributed by atoms with Gasteiger partial charge in [0.05, 0.1) is 22.2 Å². The summed E-state index contributed by atoms with van der Waals surface area (Å²) in [6, 6.07) is 20.1. The molecule has 5 aliphatic rings. The summed E-state index contributed by atoms with van der Waals surface area (Å²) in [6.45, 7) is 9.38. The first kappa shape index (κ1) is 35.3. The van der Waals surface area contributed by atoms with Crippen LogP contribution in [0.5, 0.6) is 0 Å². The van der Waals surface area contributed by atoms with E-state index in [0.717, 1.165) is 88.7 Å². The van der Waals surface area contributed by atoms with E-state index >= 15 is 0 Å². The van der Waals surface area contributed by atoms with Crippen molar-refractivity contribution in [2.45, 2.75) is 57.0 Å². The molecule has 4 aromatic rings. The van der Waals surface area contributed by atoms with Crippen LogP contribution in [0.2, 0.25) is 0 Å². The molecule has 6 heterocycles. The summed E-state index contributed by atoms with van der Waals surface area (Å²) >= 11 is 0. The molecule has 0 radical (unpaired) electrons. The van der Waals surface area contributed by atoms with Crippen molar-refractivity contribution in [1.82, 2.24) is 20.1 Å². The van der Waals surface area contributed by atoms with Gasteiger partial charge in [0.2, 0.25) is 11.8 Å². The van der Waals surface area contributed by atoms with Crippen molar-refractivity contribution in [1.29, 1.82) is 5.26 Å². The Bertz CT molecular complexity index is 2150. The van der Waals surface area contributed by atoms with E-state index in [4.69, 9.17) is 0 Å². The zero-order valence-electron chi connectivity index (χ0n) is 31.1. The number of carbonyl (C=O) groups excluding carboxylic acids is 3. The third-order valence-electron chi connectivity index (χ3n) is 12.8. The van der Waals surface area contributed by atoms with E-state index in [1.165, 1.54) is 30.2 Å². The Hall–Kier alpha value is -5.41. The second-order valence-electron chi connectivity index (χ2n) is 15.9. The monoisotopic (exact) mass is 742 g/mol. The number of nitrogens with one attached hydrogen (secondary N) is 2. The van der Waals surface area contributed by atoms with Crippen LogP contribution >= 0.6 is 0 Å². The molecule has 55 heavy (non-hydrogen) atoms. The van der Waals surface area contributed by atoms with Crippen LogP contribution in [0.25, 0.3) is 10.9 Å². The topological polar surface area (TPSA) is 119 Å². The van der Waals surface area contributed by atoms with Crippen LogP contribution in [0, 0.1) is 23.1 Å². The lowest BCUT2D eigenvalue weighted by Gasteiger charge is -2.40. The molecule has 3 aromatic carbocycles. The number of carbonyl (C=O) groups is 3. The predicted molar refractivity (Wildman–Crippen MR) is 210 cm³/mol. The van der Waals surface area contributed by atoms with Crippen molar-refractivity contribution >= 4 is 45.7 Å². The highest BCUT2D eigenvalue weighted by Gasteiger charge is 2.39. The Morgan fingerprint density at radius 1 is 0.782 bits per heavy atom. The summed E-state index contributed by atoms with van der Waals surface area (Å²) in [7, 11) is 0. The van der Waals surface area contributed by atoms with Crippen LogP contribution in [-0.2, 0) is 16.1 Å². The molecule has 11 nitrogen and oxygen atoms in total.